The van der Waals surface area contributed by atoms with Gasteiger partial charge in [-0.15, -0.1) is 0 Å². The van der Waals surface area contributed by atoms with Crippen molar-refractivity contribution in [1.29, 1.82) is 0 Å². The minimum atomic E-state index is 0.421. The van der Waals surface area contributed by atoms with Crippen molar-refractivity contribution in [3.8, 4) is 0 Å². The van der Waals surface area contributed by atoms with E-state index in [0.29, 0.717) is 17.8 Å². The summed E-state index contributed by atoms with van der Waals surface area (Å²) in [5, 5.41) is 1.08. The van der Waals surface area contributed by atoms with Crippen LogP contribution in [0.5, 0.6) is 0 Å². The Bertz CT molecular complexity index is 954. The van der Waals surface area contributed by atoms with Crippen LogP contribution >= 0.6 is 0 Å². The Kier molecular flexibility index (Phi) is 3.88. The molecular formula is C20H23N7. The van der Waals surface area contributed by atoms with Gasteiger partial charge in [0.25, 0.3) is 0 Å². The van der Waals surface area contributed by atoms with Crippen molar-refractivity contribution in [2.75, 3.05) is 36.0 Å². The molecule has 0 bridgehead atoms. The third-order valence-electron chi connectivity index (χ3n) is 5.79. The average molecular weight is 361 g/mol. The molecule has 0 amide bonds. The van der Waals surface area contributed by atoms with Crippen LogP contribution in [0, 0.1) is 11.8 Å². The molecule has 3 aromatic rings. The van der Waals surface area contributed by atoms with E-state index < -0.39 is 0 Å². The summed E-state index contributed by atoms with van der Waals surface area (Å²) >= 11 is 0. The van der Waals surface area contributed by atoms with Crippen LogP contribution < -0.4 is 9.80 Å². The maximum Gasteiger partial charge on any atom is 0.140 e. The smallest absolute Gasteiger partial charge is 0.140 e. The fourth-order valence-corrected chi connectivity index (χ4v) is 4.35. The number of aromatic nitrogens is 5. The van der Waals surface area contributed by atoms with Crippen LogP contribution in [0.15, 0.2) is 37.2 Å². The molecule has 5 rings (SSSR count). The highest BCUT2D eigenvalue weighted by Gasteiger charge is 2.41. The quantitative estimate of drug-likeness (QED) is 0.710. The van der Waals surface area contributed by atoms with Gasteiger partial charge in [0, 0.05) is 61.4 Å². The van der Waals surface area contributed by atoms with Crippen molar-refractivity contribution in [2.45, 2.75) is 19.8 Å². The van der Waals surface area contributed by atoms with Crippen LogP contribution in [-0.4, -0.2) is 51.1 Å². The molecule has 2 saturated heterocycles. The molecule has 27 heavy (non-hydrogen) atoms. The molecule has 0 N–H and O–H groups in total. The number of hydrogen-bond donors (Lipinski definition) is 0. The van der Waals surface area contributed by atoms with E-state index in [9.17, 15) is 0 Å². The summed E-state index contributed by atoms with van der Waals surface area (Å²) in [7, 11) is 0. The van der Waals surface area contributed by atoms with Crippen LogP contribution in [0.1, 0.15) is 25.5 Å². The summed E-state index contributed by atoms with van der Waals surface area (Å²) in [5.41, 5.74) is 2.02. The monoisotopic (exact) mass is 361 g/mol. The Labute approximate surface area is 158 Å². The second-order valence-corrected chi connectivity index (χ2v) is 7.88. The second kappa shape index (κ2) is 6.40. The molecule has 5 heterocycles. The van der Waals surface area contributed by atoms with E-state index in [1.165, 1.54) is 0 Å². The maximum atomic E-state index is 4.58. The summed E-state index contributed by atoms with van der Waals surface area (Å²) in [6, 6.07) is 4.16. The van der Waals surface area contributed by atoms with Gasteiger partial charge in [-0.05, 0) is 12.0 Å². The van der Waals surface area contributed by atoms with Gasteiger partial charge >= 0.3 is 0 Å². The summed E-state index contributed by atoms with van der Waals surface area (Å²) < 4.78 is 0. The molecule has 0 radical (unpaired) electrons. The average Bonchev–Trinajstić information content (AvgIpc) is 3.27. The van der Waals surface area contributed by atoms with Crippen molar-refractivity contribution in [2.24, 2.45) is 11.8 Å². The van der Waals surface area contributed by atoms with Crippen LogP contribution in [-0.2, 0) is 0 Å². The Balaban J connectivity index is 1.34. The third-order valence-corrected chi connectivity index (χ3v) is 5.79. The molecule has 2 atom stereocenters. The number of anilines is 2. The number of hydrogen-bond acceptors (Lipinski definition) is 7. The van der Waals surface area contributed by atoms with Gasteiger partial charge in [-0.3, -0.25) is 4.98 Å². The lowest BCUT2D eigenvalue weighted by molar-refractivity contribution is 0.533. The normalized spacial score (nSPS) is 22.0. The molecule has 0 spiro atoms. The zero-order chi connectivity index (χ0) is 18.4. The largest absolute Gasteiger partial charge is 0.356 e. The molecule has 0 saturated carbocycles. The van der Waals surface area contributed by atoms with E-state index in [-0.39, 0.29) is 0 Å². The van der Waals surface area contributed by atoms with Gasteiger partial charge < -0.3 is 9.80 Å². The van der Waals surface area contributed by atoms with Gasteiger partial charge in [0.15, 0.2) is 0 Å². The summed E-state index contributed by atoms with van der Waals surface area (Å²) in [6.07, 6.45) is 6.97. The second-order valence-electron chi connectivity index (χ2n) is 7.88. The number of rotatable bonds is 3. The molecule has 2 aliphatic heterocycles. The lowest BCUT2D eigenvalue weighted by atomic mass is 10.0. The first-order valence-electron chi connectivity index (χ1n) is 9.55. The third kappa shape index (κ3) is 2.87. The summed E-state index contributed by atoms with van der Waals surface area (Å²) in [6.45, 7) is 8.48. The molecular weight excluding hydrogens is 338 g/mol. The first-order chi connectivity index (χ1) is 13.2. The number of nitrogens with zero attached hydrogens (tertiary/aromatic N) is 7. The molecule has 2 aliphatic rings. The summed E-state index contributed by atoms with van der Waals surface area (Å²) in [4.78, 5) is 26.8. The lowest BCUT2D eigenvalue weighted by Crippen LogP contribution is -2.30. The molecule has 0 aliphatic carbocycles. The van der Waals surface area contributed by atoms with Gasteiger partial charge in [-0.1, -0.05) is 13.8 Å². The van der Waals surface area contributed by atoms with Gasteiger partial charge in [-0.2, -0.15) is 0 Å². The predicted octanol–water partition coefficient (Wildman–Crippen LogP) is 2.51. The molecule has 0 aromatic carbocycles. The van der Waals surface area contributed by atoms with Crippen molar-refractivity contribution < 1.29 is 0 Å². The molecule has 2 fully saturated rings. The molecule has 7 nitrogen and oxygen atoms in total. The van der Waals surface area contributed by atoms with E-state index in [4.69, 9.17) is 0 Å². The number of pyridine rings is 1. The van der Waals surface area contributed by atoms with Gasteiger partial charge in [0.05, 0.1) is 11.7 Å². The Morgan fingerprint density at radius 2 is 1.67 bits per heavy atom. The molecule has 3 aromatic heterocycles. The Morgan fingerprint density at radius 1 is 0.926 bits per heavy atom. The fraction of sp³-hybridized carbons (Fsp3) is 0.450. The van der Waals surface area contributed by atoms with E-state index in [0.717, 1.165) is 54.4 Å². The Hall–Kier alpha value is -2.83. The van der Waals surface area contributed by atoms with Crippen LogP contribution in [0.4, 0.5) is 11.6 Å². The highest BCUT2D eigenvalue weighted by Crippen LogP contribution is 2.36. The minimum absolute atomic E-state index is 0.421. The first kappa shape index (κ1) is 16.4. The van der Waals surface area contributed by atoms with Crippen LogP contribution in [0.3, 0.4) is 0 Å². The Morgan fingerprint density at radius 3 is 2.44 bits per heavy atom. The van der Waals surface area contributed by atoms with Crippen LogP contribution in [0.25, 0.3) is 10.9 Å². The van der Waals surface area contributed by atoms with Crippen molar-refractivity contribution in [3.05, 3.63) is 42.9 Å². The van der Waals surface area contributed by atoms with E-state index in [2.05, 4.69) is 54.6 Å². The van der Waals surface area contributed by atoms with E-state index in [1.54, 1.807) is 18.9 Å². The first-order valence-corrected chi connectivity index (χ1v) is 9.55. The van der Waals surface area contributed by atoms with Crippen molar-refractivity contribution >= 4 is 22.5 Å². The summed E-state index contributed by atoms with van der Waals surface area (Å²) in [5.74, 6) is 3.79. The molecule has 138 valence electrons. The highest BCUT2D eigenvalue weighted by molar-refractivity contribution is 5.88. The highest BCUT2D eigenvalue weighted by atomic mass is 15.3. The van der Waals surface area contributed by atoms with Gasteiger partial charge in [0.1, 0.15) is 24.3 Å². The number of fused-ring (bicyclic) bond motifs is 2. The standard InChI is InChI=1S/C20H23N7/c1-13(2)17-5-19(24-11-22-17)26-7-14-9-27(10-15(14)8-26)20-16-3-4-21-6-18(16)23-12-25-20/h3-6,11-15H,7-10H2,1-2H3. The van der Waals surface area contributed by atoms with E-state index >= 15 is 0 Å². The predicted molar refractivity (Wildman–Crippen MR) is 105 cm³/mol. The minimum Gasteiger partial charge on any atom is -0.356 e. The van der Waals surface area contributed by atoms with Gasteiger partial charge in [0.2, 0.25) is 0 Å². The SMILES string of the molecule is CC(C)c1cc(N2CC3CN(c4ncnc5cnccc45)CC3C2)ncn1. The van der Waals surface area contributed by atoms with Crippen molar-refractivity contribution in [1.82, 2.24) is 24.9 Å². The topological polar surface area (TPSA) is 70.9 Å². The molecule has 2 unspecified atom stereocenters. The van der Waals surface area contributed by atoms with Crippen molar-refractivity contribution in [3.63, 3.8) is 0 Å². The van der Waals surface area contributed by atoms with E-state index in [1.807, 2.05) is 12.3 Å². The van der Waals surface area contributed by atoms with Crippen LogP contribution in [0.2, 0.25) is 0 Å². The van der Waals surface area contributed by atoms with Gasteiger partial charge in [-0.25, -0.2) is 19.9 Å². The maximum absolute atomic E-state index is 4.58. The zero-order valence-electron chi connectivity index (χ0n) is 15.7. The fourth-order valence-electron chi connectivity index (χ4n) is 4.35. The lowest BCUT2D eigenvalue weighted by Gasteiger charge is -2.24. The molecule has 7 heteroatoms. The zero-order valence-corrected chi connectivity index (χ0v) is 15.7.